The van der Waals surface area contributed by atoms with E-state index in [1.54, 1.807) is 13.8 Å². The van der Waals surface area contributed by atoms with Crippen LogP contribution in [0.25, 0.3) is 0 Å². The van der Waals surface area contributed by atoms with Gasteiger partial charge in [-0.2, -0.15) is 12.6 Å². The molecule has 0 heterocycles. The Bertz CT molecular complexity index is 131. The summed E-state index contributed by atoms with van der Waals surface area (Å²) in [6, 6.07) is -1.03. The Kier molecular flexibility index (Phi) is 3.14. The number of quaternary nitrogens is 1. The fourth-order valence-corrected chi connectivity index (χ4v) is 0.698. The third-order valence-electron chi connectivity index (χ3n) is 1.16. The van der Waals surface area contributed by atoms with E-state index < -0.39 is 16.8 Å². The van der Waals surface area contributed by atoms with E-state index in [-0.39, 0.29) is 0 Å². The first kappa shape index (κ1) is 9.74. The molecule has 0 saturated carbocycles. The van der Waals surface area contributed by atoms with Crippen molar-refractivity contribution in [2.45, 2.75) is 24.6 Å². The molecule has 4 nitrogen and oxygen atoms in total. The maximum Gasteiger partial charge on any atom is 0.364 e. The molecule has 0 aliphatic heterocycles. The first-order valence-electron chi connectivity index (χ1n) is 2.80. The highest BCUT2D eigenvalue weighted by Gasteiger charge is 2.33. The average Bonchev–Trinajstić information content (AvgIpc) is 1.60. The minimum atomic E-state index is -1.13. The summed E-state index contributed by atoms with van der Waals surface area (Å²) in [7, 11) is 0. The van der Waals surface area contributed by atoms with Crippen LogP contribution in [0.5, 0.6) is 0 Å². The third kappa shape index (κ3) is 2.55. The van der Waals surface area contributed by atoms with Crippen LogP contribution in [0.3, 0.4) is 0 Å². The number of aliphatic carboxylic acids is 1. The first-order chi connectivity index (χ1) is 4.39. The Morgan fingerprint density at radius 3 is 2.20 bits per heavy atom. The van der Waals surface area contributed by atoms with Crippen molar-refractivity contribution < 1.29 is 15.4 Å². The second-order valence-corrected chi connectivity index (χ2v) is 3.76. The summed E-state index contributed by atoms with van der Waals surface area (Å²) in [4.78, 5) is 10.3. The Morgan fingerprint density at radius 1 is 1.80 bits per heavy atom. The smallest absolute Gasteiger partial charge is 0.364 e. The minimum absolute atomic E-state index is 0.398. The maximum atomic E-state index is 10.3. The van der Waals surface area contributed by atoms with Gasteiger partial charge in [0.2, 0.25) is 0 Å². The zero-order valence-corrected chi connectivity index (χ0v) is 6.76. The summed E-state index contributed by atoms with van der Waals surface area (Å²) < 4.78 is -0.784. The number of thiol groups is 1. The van der Waals surface area contributed by atoms with Crippen LogP contribution in [-0.2, 0) is 4.79 Å². The molecule has 5 heteroatoms. The van der Waals surface area contributed by atoms with Crippen LogP contribution in [0.1, 0.15) is 13.8 Å². The van der Waals surface area contributed by atoms with Gasteiger partial charge in [0.1, 0.15) is 0 Å². The summed E-state index contributed by atoms with van der Waals surface area (Å²) in [5.41, 5.74) is 0.398. The first-order valence-corrected chi connectivity index (χ1v) is 3.24. The number of hydrogen-bond donors (Lipinski definition) is 3. The normalized spacial score (nSPS) is 14.8. The number of hydroxylamine groups is 1. The highest BCUT2D eigenvalue weighted by Crippen LogP contribution is 2.14. The number of carboxylic acids is 1. The van der Waals surface area contributed by atoms with Crippen molar-refractivity contribution in [1.82, 2.24) is 0 Å². The summed E-state index contributed by atoms with van der Waals surface area (Å²) >= 11 is 3.96. The van der Waals surface area contributed by atoms with Crippen molar-refractivity contribution in [1.29, 1.82) is 0 Å². The molecule has 10 heavy (non-hydrogen) atoms. The largest absolute Gasteiger partial charge is 0.635 e. The predicted octanol–water partition coefficient (Wildman–Crippen LogP) is -0.791. The van der Waals surface area contributed by atoms with E-state index in [0.29, 0.717) is 5.48 Å². The van der Waals surface area contributed by atoms with Crippen molar-refractivity contribution in [3.8, 4) is 0 Å². The fraction of sp³-hybridized carbons (Fsp3) is 0.800. The third-order valence-corrected chi connectivity index (χ3v) is 1.44. The standard InChI is InChI=1S/C5H11NO3S/c1-5(2,10)3(6-9)4(7)8/h3,10H,6H2,1-2H3,(H,7,8)/t3-/m0/s1. The van der Waals surface area contributed by atoms with Crippen LogP contribution in [0, 0.1) is 5.21 Å². The predicted molar refractivity (Wildman–Crippen MR) is 39.8 cm³/mol. The van der Waals surface area contributed by atoms with Crippen LogP contribution in [0.4, 0.5) is 0 Å². The van der Waals surface area contributed by atoms with Gasteiger partial charge in [-0.25, -0.2) is 4.79 Å². The quantitative estimate of drug-likeness (QED) is 0.379. The Morgan fingerprint density at radius 2 is 2.20 bits per heavy atom. The van der Waals surface area contributed by atoms with Gasteiger partial charge in [-0.15, -0.1) is 0 Å². The van der Waals surface area contributed by atoms with E-state index in [2.05, 4.69) is 12.6 Å². The molecule has 0 rings (SSSR count). The van der Waals surface area contributed by atoms with Gasteiger partial charge in [-0.3, -0.25) is 0 Å². The molecule has 0 amide bonds. The summed E-state index contributed by atoms with van der Waals surface area (Å²) in [5.74, 6) is -1.13. The monoisotopic (exact) mass is 165 g/mol. The van der Waals surface area contributed by atoms with Crippen molar-refractivity contribution in [3.63, 3.8) is 0 Å². The molecule has 0 saturated heterocycles. The lowest BCUT2D eigenvalue weighted by Crippen LogP contribution is -2.90. The number of carboxylic acid groups (broad SMARTS) is 1. The fourth-order valence-electron chi connectivity index (χ4n) is 0.527. The van der Waals surface area contributed by atoms with E-state index in [0.717, 1.165) is 0 Å². The minimum Gasteiger partial charge on any atom is -0.635 e. The Labute approximate surface area is 64.6 Å². The molecule has 0 aliphatic rings. The van der Waals surface area contributed by atoms with E-state index >= 15 is 0 Å². The molecular formula is C5H11NO3S. The lowest BCUT2D eigenvalue weighted by Gasteiger charge is -2.24. The molecule has 0 bridgehead atoms. The van der Waals surface area contributed by atoms with Crippen molar-refractivity contribution in [3.05, 3.63) is 5.21 Å². The topological polar surface area (TPSA) is 77.0 Å². The molecule has 0 aromatic rings. The highest BCUT2D eigenvalue weighted by atomic mass is 32.1. The SMILES string of the molecule is CC(C)(S)[C@@H]([NH2+][O-])C(=O)O. The molecule has 0 spiro atoms. The Hall–Kier alpha value is -0.260. The van der Waals surface area contributed by atoms with Crippen LogP contribution in [-0.4, -0.2) is 21.9 Å². The lowest BCUT2D eigenvalue weighted by atomic mass is 10.0. The van der Waals surface area contributed by atoms with E-state index in [1.165, 1.54) is 0 Å². The van der Waals surface area contributed by atoms with Gasteiger partial charge < -0.3 is 15.8 Å². The molecule has 0 unspecified atom stereocenters. The van der Waals surface area contributed by atoms with Gasteiger partial charge in [0.15, 0.2) is 6.04 Å². The molecular weight excluding hydrogens is 154 g/mol. The van der Waals surface area contributed by atoms with Gasteiger partial charge in [0.25, 0.3) is 0 Å². The van der Waals surface area contributed by atoms with Crippen LogP contribution in [0.15, 0.2) is 0 Å². The van der Waals surface area contributed by atoms with E-state index in [1.807, 2.05) is 0 Å². The van der Waals surface area contributed by atoms with Gasteiger partial charge in [0.05, 0.1) is 4.75 Å². The second kappa shape index (κ2) is 3.23. The van der Waals surface area contributed by atoms with Gasteiger partial charge >= 0.3 is 5.97 Å². The maximum absolute atomic E-state index is 10.3. The second-order valence-electron chi connectivity index (χ2n) is 2.61. The summed E-state index contributed by atoms with van der Waals surface area (Å²) in [6.07, 6.45) is 0. The Balaban J connectivity index is 4.22. The van der Waals surface area contributed by atoms with Gasteiger partial charge in [-0.1, -0.05) is 0 Å². The number of hydrogen-bond acceptors (Lipinski definition) is 3. The molecule has 3 N–H and O–H groups in total. The molecule has 0 aromatic carbocycles. The molecule has 0 fully saturated rings. The zero-order valence-electron chi connectivity index (χ0n) is 5.87. The van der Waals surface area contributed by atoms with Gasteiger partial charge in [0, 0.05) is 0 Å². The van der Waals surface area contributed by atoms with E-state index in [4.69, 9.17) is 5.11 Å². The summed E-state index contributed by atoms with van der Waals surface area (Å²) in [6.45, 7) is 3.17. The van der Waals surface area contributed by atoms with Crippen LogP contribution >= 0.6 is 12.6 Å². The lowest BCUT2D eigenvalue weighted by molar-refractivity contribution is -0.618. The molecule has 0 aliphatic carbocycles. The number of nitrogens with two attached hydrogens (primary N) is 1. The average molecular weight is 165 g/mol. The van der Waals surface area contributed by atoms with Crippen molar-refractivity contribution >= 4 is 18.6 Å². The summed E-state index contributed by atoms with van der Waals surface area (Å²) in [5, 5.41) is 18.6. The van der Waals surface area contributed by atoms with Crippen molar-refractivity contribution in [2.24, 2.45) is 0 Å². The van der Waals surface area contributed by atoms with Crippen LogP contribution < -0.4 is 5.48 Å². The highest BCUT2D eigenvalue weighted by molar-refractivity contribution is 7.81. The molecule has 0 radical (unpaired) electrons. The van der Waals surface area contributed by atoms with E-state index in [9.17, 15) is 10.0 Å². The number of carbonyl (C=O) groups is 1. The van der Waals surface area contributed by atoms with Crippen molar-refractivity contribution in [2.75, 3.05) is 0 Å². The molecule has 0 aromatic heterocycles. The zero-order chi connectivity index (χ0) is 8.36. The van der Waals surface area contributed by atoms with Crippen LogP contribution in [0.2, 0.25) is 0 Å². The molecule has 1 atom stereocenters. The van der Waals surface area contributed by atoms with Gasteiger partial charge in [-0.05, 0) is 13.8 Å². The number of rotatable bonds is 3. The molecule has 60 valence electrons.